The van der Waals surface area contributed by atoms with E-state index in [9.17, 15) is 0 Å². The average molecular weight is 401 g/mol. The van der Waals surface area contributed by atoms with Gasteiger partial charge in [-0.05, 0) is 25.1 Å². The molecule has 4 heterocycles. The standard InChI is InChI=1S/C20H19N9O/c1-13-9-14(26-30-13)10-22-19-18-17(23-20(21)24-19)7-8-28(18)11-15-12-29(27-25-15)16-5-3-2-4-6-16/h2-9,12H,10-11H2,1H3,(H3,21,22,23,24). The van der Waals surface area contributed by atoms with Gasteiger partial charge in [0.05, 0.1) is 30.5 Å². The molecule has 4 aromatic heterocycles. The molecule has 0 spiro atoms. The van der Waals surface area contributed by atoms with Crippen molar-refractivity contribution in [2.75, 3.05) is 11.1 Å². The predicted octanol–water partition coefficient (Wildman–Crippen LogP) is 2.55. The normalized spacial score (nSPS) is 11.2. The molecular weight excluding hydrogens is 382 g/mol. The molecule has 150 valence electrons. The van der Waals surface area contributed by atoms with Crippen molar-refractivity contribution in [3.05, 3.63) is 72.0 Å². The number of hydrogen-bond donors (Lipinski definition) is 2. The highest BCUT2D eigenvalue weighted by molar-refractivity contribution is 5.87. The van der Waals surface area contributed by atoms with Gasteiger partial charge < -0.3 is 20.1 Å². The number of benzene rings is 1. The van der Waals surface area contributed by atoms with E-state index in [-0.39, 0.29) is 5.95 Å². The van der Waals surface area contributed by atoms with Crippen LogP contribution in [0.1, 0.15) is 17.1 Å². The Labute approximate surface area is 171 Å². The van der Waals surface area contributed by atoms with E-state index in [2.05, 4.69) is 30.8 Å². The van der Waals surface area contributed by atoms with Gasteiger partial charge in [0.2, 0.25) is 5.95 Å². The monoisotopic (exact) mass is 401 g/mol. The Morgan fingerprint density at radius 2 is 1.97 bits per heavy atom. The molecule has 0 bridgehead atoms. The fourth-order valence-electron chi connectivity index (χ4n) is 3.31. The summed E-state index contributed by atoms with van der Waals surface area (Å²) in [4.78, 5) is 8.73. The van der Waals surface area contributed by atoms with Crippen molar-refractivity contribution in [3.8, 4) is 5.69 Å². The van der Waals surface area contributed by atoms with Crippen molar-refractivity contribution in [1.29, 1.82) is 0 Å². The fraction of sp³-hybridized carbons (Fsp3) is 0.150. The van der Waals surface area contributed by atoms with Gasteiger partial charge in [-0.1, -0.05) is 28.6 Å². The fourth-order valence-corrected chi connectivity index (χ4v) is 3.31. The van der Waals surface area contributed by atoms with Crippen molar-refractivity contribution in [2.45, 2.75) is 20.0 Å². The summed E-state index contributed by atoms with van der Waals surface area (Å²) in [5.74, 6) is 1.58. The van der Waals surface area contributed by atoms with Crippen LogP contribution in [0.25, 0.3) is 16.7 Å². The quantitative estimate of drug-likeness (QED) is 0.445. The van der Waals surface area contributed by atoms with Crippen LogP contribution in [-0.2, 0) is 13.1 Å². The van der Waals surface area contributed by atoms with E-state index in [1.165, 1.54) is 0 Å². The van der Waals surface area contributed by atoms with Crippen LogP contribution in [-0.4, -0.2) is 34.7 Å². The first kappa shape index (κ1) is 17.9. The summed E-state index contributed by atoms with van der Waals surface area (Å²) in [5, 5.41) is 15.8. The van der Waals surface area contributed by atoms with E-state index >= 15 is 0 Å². The highest BCUT2D eigenvalue weighted by atomic mass is 16.5. The van der Waals surface area contributed by atoms with E-state index in [0.29, 0.717) is 18.9 Å². The maximum Gasteiger partial charge on any atom is 0.222 e. The van der Waals surface area contributed by atoms with Crippen LogP contribution < -0.4 is 11.1 Å². The second kappa shape index (κ2) is 7.32. The molecule has 0 saturated heterocycles. The molecule has 0 atom stereocenters. The molecule has 0 fully saturated rings. The number of aromatic nitrogens is 7. The number of nitrogens with zero attached hydrogens (tertiary/aromatic N) is 7. The van der Waals surface area contributed by atoms with Crippen LogP contribution >= 0.6 is 0 Å². The van der Waals surface area contributed by atoms with Crippen LogP contribution in [0, 0.1) is 6.92 Å². The van der Waals surface area contributed by atoms with Gasteiger partial charge in [-0.3, -0.25) is 0 Å². The number of anilines is 2. The van der Waals surface area contributed by atoms with Crippen LogP contribution in [0.5, 0.6) is 0 Å². The summed E-state index contributed by atoms with van der Waals surface area (Å²) in [6.07, 6.45) is 3.84. The SMILES string of the molecule is Cc1cc(CNc2nc(N)nc3ccn(Cc4cn(-c5ccccc5)nn4)c23)no1. The van der Waals surface area contributed by atoms with E-state index < -0.39 is 0 Å². The summed E-state index contributed by atoms with van der Waals surface area (Å²) in [5.41, 5.74) is 10.0. The third kappa shape index (κ3) is 3.46. The van der Waals surface area contributed by atoms with Gasteiger partial charge in [0, 0.05) is 12.3 Å². The lowest BCUT2D eigenvalue weighted by Crippen LogP contribution is -2.08. The number of para-hydroxylation sites is 1. The van der Waals surface area contributed by atoms with Crippen molar-refractivity contribution < 1.29 is 4.52 Å². The maximum absolute atomic E-state index is 5.90. The number of rotatable bonds is 6. The van der Waals surface area contributed by atoms with Crippen molar-refractivity contribution in [2.24, 2.45) is 0 Å². The minimum atomic E-state index is 0.203. The summed E-state index contributed by atoms with van der Waals surface area (Å²) in [7, 11) is 0. The molecule has 0 unspecified atom stereocenters. The largest absolute Gasteiger partial charge is 0.368 e. The lowest BCUT2D eigenvalue weighted by atomic mass is 10.3. The Morgan fingerprint density at radius 1 is 1.10 bits per heavy atom. The summed E-state index contributed by atoms with van der Waals surface area (Å²) >= 11 is 0. The molecule has 0 amide bonds. The van der Waals surface area contributed by atoms with Gasteiger partial charge in [-0.2, -0.15) is 4.98 Å². The smallest absolute Gasteiger partial charge is 0.222 e. The number of hydrogen-bond acceptors (Lipinski definition) is 8. The van der Waals surface area contributed by atoms with Crippen LogP contribution in [0.4, 0.5) is 11.8 Å². The second-order valence-corrected chi connectivity index (χ2v) is 6.88. The summed E-state index contributed by atoms with van der Waals surface area (Å²) in [6.45, 7) is 2.82. The van der Waals surface area contributed by atoms with Crippen LogP contribution in [0.2, 0.25) is 0 Å². The number of aryl methyl sites for hydroxylation is 1. The molecular formula is C20H19N9O. The van der Waals surface area contributed by atoms with Crippen LogP contribution in [0.3, 0.4) is 0 Å². The Kier molecular flexibility index (Phi) is 4.36. The third-order valence-corrected chi connectivity index (χ3v) is 4.64. The van der Waals surface area contributed by atoms with Crippen LogP contribution in [0.15, 0.2) is 59.4 Å². The summed E-state index contributed by atoms with van der Waals surface area (Å²) < 4.78 is 8.89. The Balaban J connectivity index is 1.44. The Morgan fingerprint density at radius 3 is 2.77 bits per heavy atom. The number of nitrogen functional groups attached to an aromatic ring is 1. The lowest BCUT2D eigenvalue weighted by Gasteiger charge is -2.09. The highest BCUT2D eigenvalue weighted by Crippen LogP contribution is 2.24. The molecule has 5 aromatic rings. The zero-order valence-electron chi connectivity index (χ0n) is 16.2. The molecule has 0 aliphatic carbocycles. The van der Waals surface area contributed by atoms with Gasteiger partial charge in [0.25, 0.3) is 0 Å². The van der Waals surface area contributed by atoms with Gasteiger partial charge in [0.1, 0.15) is 22.7 Å². The average Bonchev–Trinajstić information content (AvgIpc) is 3.48. The number of nitrogens with one attached hydrogen (secondary N) is 1. The molecule has 3 N–H and O–H groups in total. The zero-order chi connectivity index (χ0) is 20.5. The lowest BCUT2D eigenvalue weighted by molar-refractivity contribution is 0.391. The molecule has 0 aliphatic heterocycles. The van der Waals surface area contributed by atoms with Gasteiger partial charge >= 0.3 is 0 Å². The van der Waals surface area contributed by atoms with Crippen molar-refractivity contribution in [1.82, 2.24) is 34.7 Å². The summed E-state index contributed by atoms with van der Waals surface area (Å²) in [6, 6.07) is 13.6. The zero-order valence-corrected chi connectivity index (χ0v) is 16.2. The minimum Gasteiger partial charge on any atom is -0.368 e. The molecule has 0 radical (unpaired) electrons. The maximum atomic E-state index is 5.90. The Bertz CT molecular complexity index is 1300. The van der Waals surface area contributed by atoms with E-state index in [4.69, 9.17) is 10.3 Å². The number of nitrogens with two attached hydrogens (primary N) is 1. The molecule has 0 saturated carbocycles. The van der Waals surface area contributed by atoms with E-state index in [0.717, 1.165) is 33.9 Å². The molecule has 10 nitrogen and oxygen atoms in total. The minimum absolute atomic E-state index is 0.203. The van der Waals surface area contributed by atoms with Gasteiger partial charge in [0.15, 0.2) is 5.82 Å². The molecule has 5 rings (SSSR count). The molecule has 1 aromatic carbocycles. The predicted molar refractivity (Wildman–Crippen MR) is 111 cm³/mol. The third-order valence-electron chi connectivity index (χ3n) is 4.64. The topological polar surface area (TPSA) is 126 Å². The molecule has 30 heavy (non-hydrogen) atoms. The molecule has 10 heteroatoms. The first-order valence-corrected chi connectivity index (χ1v) is 9.41. The first-order valence-electron chi connectivity index (χ1n) is 9.41. The van der Waals surface area contributed by atoms with Crippen molar-refractivity contribution in [3.63, 3.8) is 0 Å². The van der Waals surface area contributed by atoms with Gasteiger partial charge in [-0.15, -0.1) is 5.10 Å². The van der Waals surface area contributed by atoms with E-state index in [1.54, 1.807) is 4.68 Å². The first-order chi connectivity index (χ1) is 14.7. The number of fused-ring (bicyclic) bond motifs is 1. The highest BCUT2D eigenvalue weighted by Gasteiger charge is 2.14. The molecule has 0 aliphatic rings. The second-order valence-electron chi connectivity index (χ2n) is 6.88. The van der Waals surface area contributed by atoms with Gasteiger partial charge in [-0.25, -0.2) is 9.67 Å². The van der Waals surface area contributed by atoms with Crippen molar-refractivity contribution >= 4 is 22.8 Å². The Hall–Kier alpha value is -4.21. The van der Waals surface area contributed by atoms with E-state index in [1.807, 2.05) is 66.3 Å².